The fourth-order valence-corrected chi connectivity index (χ4v) is 2.90. The summed E-state index contributed by atoms with van der Waals surface area (Å²) in [5.74, 6) is 0.562. The standard InChI is InChI=1S/C9H20N2O2S/c1-4-8-5-9(8)11-14(12,13)7(2)6-10-3/h7-11H,4-6H2,1-3H3. The van der Waals surface area contributed by atoms with E-state index in [1.165, 1.54) is 0 Å². The molecule has 0 amide bonds. The first kappa shape index (κ1) is 11.9. The molecule has 84 valence electrons. The van der Waals surface area contributed by atoms with E-state index in [-0.39, 0.29) is 11.3 Å². The number of rotatable bonds is 6. The fourth-order valence-electron chi connectivity index (χ4n) is 1.57. The van der Waals surface area contributed by atoms with Crippen molar-refractivity contribution in [2.45, 2.75) is 38.0 Å². The quantitative estimate of drug-likeness (QED) is 0.677. The van der Waals surface area contributed by atoms with Gasteiger partial charge < -0.3 is 5.32 Å². The Morgan fingerprint density at radius 1 is 1.50 bits per heavy atom. The average Bonchev–Trinajstić information content (AvgIpc) is 2.83. The Balaban J connectivity index is 2.42. The highest BCUT2D eigenvalue weighted by Gasteiger charge is 2.39. The van der Waals surface area contributed by atoms with E-state index in [4.69, 9.17) is 0 Å². The highest BCUT2D eigenvalue weighted by Crippen LogP contribution is 2.33. The van der Waals surface area contributed by atoms with Gasteiger partial charge in [0, 0.05) is 12.6 Å². The Kier molecular flexibility index (Phi) is 3.92. The maximum atomic E-state index is 11.7. The molecule has 0 heterocycles. The first-order chi connectivity index (χ1) is 6.51. The van der Waals surface area contributed by atoms with Crippen LogP contribution in [0.1, 0.15) is 26.7 Å². The highest BCUT2D eigenvalue weighted by molar-refractivity contribution is 7.90. The summed E-state index contributed by atoms with van der Waals surface area (Å²) in [6.07, 6.45) is 2.07. The summed E-state index contributed by atoms with van der Waals surface area (Å²) < 4.78 is 26.1. The number of nitrogens with one attached hydrogen (secondary N) is 2. The second kappa shape index (κ2) is 4.59. The molecular formula is C9H20N2O2S. The lowest BCUT2D eigenvalue weighted by Crippen LogP contribution is -2.39. The van der Waals surface area contributed by atoms with Crippen LogP contribution in [0.5, 0.6) is 0 Å². The van der Waals surface area contributed by atoms with Crippen molar-refractivity contribution in [2.24, 2.45) is 5.92 Å². The molecule has 14 heavy (non-hydrogen) atoms. The first-order valence-electron chi connectivity index (χ1n) is 5.17. The third-order valence-electron chi connectivity index (χ3n) is 2.78. The van der Waals surface area contributed by atoms with Gasteiger partial charge in [0.1, 0.15) is 0 Å². The Bertz CT molecular complexity index is 277. The lowest BCUT2D eigenvalue weighted by molar-refractivity contribution is 0.558. The van der Waals surface area contributed by atoms with Crippen LogP contribution in [-0.2, 0) is 10.0 Å². The minimum Gasteiger partial charge on any atom is -0.318 e. The lowest BCUT2D eigenvalue weighted by Gasteiger charge is -2.13. The molecule has 0 aromatic rings. The van der Waals surface area contributed by atoms with Crippen molar-refractivity contribution < 1.29 is 8.42 Å². The monoisotopic (exact) mass is 220 g/mol. The maximum Gasteiger partial charge on any atom is 0.215 e. The van der Waals surface area contributed by atoms with Gasteiger partial charge in [-0.1, -0.05) is 13.3 Å². The number of hydrogen-bond donors (Lipinski definition) is 2. The summed E-state index contributed by atoms with van der Waals surface area (Å²) >= 11 is 0. The van der Waals surface area contributed by atoms with Crippen molar-refractivity contribution in [2.75, 3.05) is 13.6 Å². The van der Waals surface area contributed by atoms with E-state index in [1.807, 2.05) is 0 Å². The van der Waals surface area contributed by atoms with Crippen LogP contribution in [0.3, 0.4) is 0 Å². The molecule has 0 aromatic carbocycles. The zero-order valence-corrected chi connectivity index (χ0v) is 9.89. The average molecular weight is 220 g/mol. The maximum absolute atomic E-state index is 11.7. The van der Waals surface area contributed by atoms with Crippen LogP contribution in [-0.4, -0.2) is 33.3 Å². The minimum atomic E-state index is -3.11. The third-order valence-corrected chi connectivity index (χ3v) is 4.64. The summed E-state index contributed by atoms with van der Waals surface area (Å²) in [4.78, 5) is 0. The first-order valence-corrected chi connectivity index (χ1v) is 6.71. The van der Waals surface area contributed by atoms with Gasteiger partial charge in [-0.25, -0.2) is 13.1 Å². The molecule has 3 atom stereocenters. The van der Waals surface area contributed by atoms with E-state index in [0.29, 0.717) is 12.5 Å². The molecule has 0 radical (unpaired) electrons. The van der Waals surface area contributed by atoms with E-state index in [1.54, 1.807) is 14.0 Å². The molecule has 1 aliphatic carbocycles. The highest BCUT2D eigenvalue weighted by atomic mass is 32.2. The molecule has 0 aliphatic heterocycles. The van der Waals surface area contributed by atoms with Crippen molar-refractivity contribution in [3.05, 3.63) is 0 Å². The Morgan fingerprint density at radius 3 is 2.57 bits per heavy atom. The molecular weight excluding hydrogens is 200 g/mol. The van der Waals surface area contributed by atoms with Crippen LogP contribution in [0.4, 0.5) is 0 Å². The Morgan fingerprint density at radius 2 is 2.14 bits per heavy atom. The summed E-state index contributed by atoms with van der Waals surface area (Å²) in [6, 6.07) is 0.198. The molecule has 1 aliphatic rings. The molecule has 3 unspecified atom stereocenters. The van der Waals surface area contributed by atoms with E-state index in [2.05, 4.69) is 17.0 Å². The molecule has 0 aromatic heterocycles. The van der Waals surface area contributed by atoms with Crippen molar-refractivity contribution in [1.82, 2.24) is 10.0 Å². The predicted molar refractivity (Wildman–Crippen MR) is 57.6 cm³/mol. The van der Waals surface area contributed by atoms with Crippen molar-refractivity contribution in [1.29, 1.82) is 0 Å². The summed E-state index contributed by atoms with van der Waals surface area (Å²) in [6.45, 7) is 4.32. The molecule has 0 saturated heterocycles. The van der Waals surface area contributed by atoms with Crippen LogP contribution in [0.15, 0.2) is 0 Å². The minimum absolute atomic E-state index is 0.198. The normalized spacial score (nSPS) is 28.8. The van der Waals surface area contributed by atoms with E-state index >= 15 is 0 Å². The molecule has 1 rings (SSSR count). The van der Waals surface area contributed by atoms with E-state index in [0.717, 1.165) is 12.8 Å². The molecule has 2 N–H and O–H groups in total. The van der Waals surface area contributed by atoms with Gasteiger partial charge in [0.25, 0.3) is 0 Å². The van der Waals surface area contributed by atoms with Gasteiger partial charge in [-0.2, -0.15) is 0 Å². The van der Waals surface area contributed by atoms with E-state index < -0.39 is 10.0 Å². The number of hydrogen-bond acceptors (Lipinski definition) is 3. The van der Waals surface area contributed by atoms with Crippen LogP contribution < -0.4 is 10.0 Å². The smallest absolute Gasteiger partial charge is 0.215 e. The molecule has 0 spiro atoms. The van der Waals surface area contributed by atoms with Gasteiger partial charge in [-0.15, -0.1) is 0 Å². The molecule has 0 bridgehead atoms. The molecule has 1 fully saturated rings. The number of sulfonamides is 1. The van der Waals surface area contributed by atoms with Crippen LogP contribution in [0, 0.1) is 5.92 Å². The van der Waals surface area contributed by atoms with Gasteiger partial charge in [-0.05, 0) is 26.3 Å². The van der Waals surface area contributed by atoms with Crippen molar-refractivity contribution in [3.63, 3.8) is 0 Å². The zero-order chi connectivity index (χ0) is 10.8. The van der Waals surface area contributed by atoms with Crippen molar-refractivity contribution in [3.8, 4) is 0 Å². The van der Waals surface area contributed by atoms with E-state index in [9.17, 15) is 8.42 Å². The second-order valence-electron chi connectivity index (χ2n) is 4.04. The second-order valence-corrected chi connectivity index (χ2v) is 6.17. The lowest BCUT2D eigenvalue weighted by atomic mass is 10.3. The van der Waals surface area contributed by atoms with Crippen LogP contribution in [0.25, 0.3) is 0 Å². The largest absolute Gasteiger partial charge is 0.318 e. The third kappa shape index (κ3) is 2.93. The molecule has 1 saturated carbocycles. The van der Waals surface area contributed by atoms with Gasteiger partial charge in [0.2, 0.25) is 10.0 Å². The summed E-state index contributed by atoms with van der Waals surface area (Å²) in [5.41, 5.74) is 0. The zero-order valence-electron chi connectivity index (χ0n) is 9.08. The summed E-state index contributed by atoms with van der Waals surface area (Å²) in [7, 11) is -1.35. The van der Waals surface area contributed by atoms with Crippen LogP contribution in [0.2, 0.25) is 0 Å². The molecule has 4 nitrogen and oxygen atoms in total. The Hall–Kier alpha value is -0.130. The summed E-state index contributed by atoms with van der Waals surface area (Å²) in [5, 5.41) is 2.52. The van der Waals surface area contributed by atoms with Crippen molar-refractivity contribution >= 4 is 10.0 Å². The fraction of sp³-hybridized carbons (Fsp3) is 1.00. The topological polar surface area (TPSA) is 58.2 Å². The SMILES string of the molecule is CCC1CC1NS(=O)(=O)C(C)CNC. The van der Waals surface area contributed by atoms with Gasteiger partial charge >= 0.3 is 0 Å². The van der Waals surface area contributed by atoms with Gasteiger partial charge in [-0.3, -0.25) is 0 Å². The Labute approximate surface area is 86.5 Å². The molecule has 5 heteroatoms. The van der Waals surface area contributed by atoms with Crippen LogP contribution >= 0.6 is 0 Å². The van der Waals surface area contributed by atoms with Gasteiger partial charge in [0.15, 0.2) is 0 Å². The van der Waals surface area contributed by atoms with Gasteiger partial charge in [0.05, 0.1) is 5.25 Å². The predicted octanol–water partition coefficient (Wildman–Crippen LogP) is 0.312.